The molecule has 0 aromatic heterocycles. The van der Waals surface area contributed by atoms with Crippen molar-refractivity contribution in [3.05, 3.63) is 0 Å². The molecule has 0 spiro atoms. The molecule has 16 heavy (non-hydrogen) atoms. The molecular weight excluding hydrogens is 196 g/mol. The van der Waals surface area contributed by atoms with Crippen LogP contribution in [0.15, 0.2) is 0 Å². The van der Waals surface area contributed by atoms with Gasteiger partial charge in [-0.3, -0.25) is 0 Å². The Hall–Kier alpha value is -0.0800. The number of hydrogen-bond donors (Lipinski definition) is 2. The molecule has 0 aromatic rings. The molecule has 1 aliphatic heterocycles. The molecule has 3 unspecified atom stereocenters. The summed E-state index contributed by atoms with van der Waals surface area (Å²) in [6, 6.07) is 0. The summed E-state index contributed by atoms with van der Waals surface area (Å²) in [5.41, 5.74) is 0. The predicted molar refractivity (Wildman–Crippen MR) is 69.2 cm³/mol. The van der Waals surface area contributed by atoms with Gasteiger partial charge < -0.3 is 10.6 Å². The Bertz CT molecular complexity index is 209. The summed E-state index contributed by atoms with van der Waals surface area (Å²) in [5.74, 6) is 4.53. The first kappa shape index (κ1) is 12.4. The lowest BCUT2D eigenvalue weighted by molar-refractivity contribution is 0.0898. The summed E-state index contributed by atoms with van der Waals surface area (Å²) in [6.07, 6.45) is 3.38. The lowest BCUT2D eigenvalue weighted by Crippen LogP contribution is -2.53. The van der Waals surface area contributed by atoms with E-state index in [1.807, 2.05) is 0 Å². The summed E-state index contributed by atoms with van der Waals surface area (Å²) in [5, 5.41) is 7.12. The standard InChI is InChI=1S/C14H28N2/c1-9-5-13(6-10(2)11(9)3)14-7-15-12(4)16-8-14/h9-16H,5-8H2,1-4H3/t9-,10?,11?,12?,13?,14?/m1/s1. The Morgan fingerprint density at radius 3 is 1.75 bits per heavy atom. The van der Waals surface area contributed by atoms with Crippen molar-refractivity contribution >= 4 is 0 Å². The Kier molecular flexibility index (Phi) is 3.91. The maximum Gasteiger partial charge on any atom is 0.0542 e. The van der Waals surface area contributed by atoms with Crippen LogP contribution in [0.2, 0.25) is 0 Å². The lowest BCUT2D eigenvalue weighted by Gasteiger charge is -2.43. The quantitative estimate of drug-likeness (QED) is 0.715. The van der Waals surface area contributed by atoms with Gasteiger partial charge in [0.25, 0.3) is 0 Å². The predicted octanol–water partition coefficient (Wildman–Crippen LogP) is 2.46. The molecular formula is C14H28N2. The van der Waals surface area contributed by atoms with Gasteiger partial charge in [0.15, 0.2) is 0 Å². The largest absolute Gasteiger partial charge is 0.302 e. The second-order valence-electron chi connectivity index (χ2n) is 6.34. The van der Waals surface area contributed by atoms with Crippen molar-refractivity contribution in [1.82, 2.24) is 10.6 Å². The highest BCUT2D eigenvalue weighted by Crippen LogP contribution is 2.40. The maximum atomic E-state index is 3.56. The van der Waals surface area contributed by atoms with Crippen LogP contribution in [0.3, 0.4) is 0 Å². The molecule has 1 saturated heterocycles. The maximum absolute atomic E-state index is 3.56. The minimum atomic E-state index is 0.508. The third-order valence-corrected chi connectivity index (χ3v) is 5.18. The van der Waals surface area contributed by atoms with Gasteiger partial charge in [0, 0.05) is 13.1 Å². The van der Waals surface area contributed by atoms with E-state index in [2.05, 4.69) is 38.3 Å². The summed E-state index contributed by atoms with van der Waals surface area (Å²) in [7, 11) is 0. The minimum Gasteiger partial charge on any atom is -0.302 e. The Morgan fingerprint density at radius 2 is 1.25 bits per heavy atom. The van der Waals surface area contributed by atoms with Crippen LogP contribution in [-0.2, 0) is 0 Å². The molecule has 1 heterocycles. The number of hydrogen-bond acceptors (Lipinski definition) is 2. The van der Waals surface area contributed by atoms with Gasteiger partial charge in [-0.05, 0) is 49.4 Å². The van der Waals surface area contributed by atoms with E-state index in [4.69, 9.17) is 0 Å². The van der Waals surface area contributed by atoms with Crippen LogP contribution in [0.1, 0.15) is 40.5 Å². The molecule has 1 saturated carbocycles. The van der Waals surface area contributed by atoms with E-state index in [0.29, 0.717) is 6.17 Å². The topological polar surface area (TPSA) is 24.1 Å². The van der Waals surface area contributed by atoms with Gasteiger partial charge in [-0.25, -0.2) is 0 Å². The minimum absolute atomic E-state index is 0.508. The van der Waals surface area contributed by atoms with E-state index in [-0.39, 0.29) is 0 Å². The van der Waals surface area contributed by atoms with Crippen LogP contribution in [-0.4, -0.2) is 19.3 Å². The number of rotatable bonds is 1. The molecule has 2 heteroatoms. The zero-order valence-electron chi connectivity index (χ0n) is 11.3. The molecule has 2 nitrogen and oxygen atoms in total. The molecule has 2 fully saturated rings. The van der Waals surface area contributed by atoms with Crippen molar-refractivity contribution in [1.29, 1.82) is 0 Å². The van der Waals surface area contributed by atoms with E-state index in [1.165, 1.54) is 25.9 Å². The van der Waals surface area contributed by atoms with Crippen LogP contribution < -0.4 is 10.6 Å². The van der Waals surface area contributed by atoms with Gasteiger partial charge in [0.1, 0.15) is 0 Å². The highest BCUT2D eigenvalue weighted by molar-refractivity contribution is 4.87. The molecule has 0 aromatic carbocycles. The van der Waals surface area contributed by atoms with Crippen LogP contribution >= 0.6 is 0 Å². The van der Waals surface area contributed by atoms with Crippen molar-refractivity contribution < 1.29 is 0 Å². The van der Waals surface area contributed by atoms with Crippen molar-refractivity contribution in [2.75, 3.05) is 13.1 Å². The van der Waals surface area contributed by atoms with Gasteiger partial charge in [-0.2, -0.15) is 0 Å². The molecule has 4 atom stereocenters. The first-order chi connectivity index (χ1) is 7.58. The van der Waals surface area contributed by atoms with Crippen molar-refractivity contribution in [3.8, 4) is 0 Å². The van der Waals surface area contributed by atoms with Gasteiger partial charge in [0.05, 0.1) is 6.17 Å². The molecule has 94 valence electrons. The molecule has 0 radical (unpaired) electrons. The van der Waals surface area contributed by atoms with Crippen molar-refractivity contribution in [2.45, 2.75) is 46.7 Å². The number of nitrogens with one attached hydrogen (secondary N) is 2. The summed E-state index contributed by atoms with van der Waals surface area (Å²) < 4.78 is 0. The zero-order chi connectivity index (χ0) is 11.7. The van der Waals surface area contributed by atoms with E-state index in [9.17, 15) is 0 Å². The average Bonchev–Trinajstić information content (AvgIpc) is 2.26. The summed E-state index contributed by atoms with van der Waals surface area (Å²) in [6.45, 7) is 12.0. The summed E-state index contributed by atoms with van der Waals surface area (Å²) >= 11 is 0. The van der Waals surface area contributed by atoms with Crippen LogP contribution in [0.5, 0.6) is 0 Å². The molecule has 0 bridgehead atoms. The lowest BCUT2D eigenvalue weighted by atomic mass is 9.66. The Balaban J connectivity index is 1.90. The SMILES string of the molecule is CC1NCC(C2CC(C)C(C)[C@H](C)C2)CN1. The third-order valence-electron chi connectivity index (χ3n) is 5.18. The fourth-order valence-electron chi connectivity index (χ4n) is 3.56. The van der Waals surface area contributed by atoms with Crippen LogP contribution in [0, 0.1) is 29.6 Å². The Morgan fingerprint density at radius 1 is 0.750 bits per heavy atom. The van der Waals surface area contributed by atoms with E-state index < -0.39 is 0 Å². The molecule has 2 N–H and O–H groups in total. The monoisotopic (exact) mass is 224 g/mol. The van der Waals surface area contributed by atoms with E-state index in [1.54, 1.807) is 0 Å². The van der Waals surface area contributed by atoms with Gasteiger partial charge in [-0.15, -0.1) is 0 Å². The third kappa shape index (κ3) is 2.60. The Labute approximate surface area is 101 Å². The normalized spacial score (nSPS) is 50.2. The first-order valence-corrected chi connectivity index (χ1v) is 7.04. The van der Waals surface area contributed by atoms with Gasteiger partial charge in [0.2, 0.25) is 0 Å². The average molecular weight is 224 g/mol. The summed E-state index contributed by atoms with van der Waals surface area (Å²) in [4.78, 5) is 0. The van der Waals surface area contributed by atoms with Gasteiger partial charge >= 0.3 is 0 Å². The molecule has 2 rings (SSSR count). The first-order valence-electron chi connectivity index (χ1n) is 7.04. The van der Waals surface area contributed by atoms with Crippen LogP contribution in [0.4, 0.5) is 0 Å². The fraction of sp³-hybridized carbons (Fsp3) is 1.00. The second-order valence-corrected chi connectivity index (χ2v) is 6.34. The molecule has 0 amide bonds. The smallest absolute Gasteiger partial charge is 0.0542 e. The zero-order valence-corrected chi connectivity index (χ0v) is 11.3. The fourth-order valence-corrected chi connectivity index (χ4v) is 3.56. The van der Waals surface area contributed by atoms with Crippen LogP contribution in [0.25, 0.3) is 0 Å². The second kappa shape index (κ2) is 5.05. The van der Waals surface area contributed by atoms with Crippen molar-refractivity contribution in [2.24, 2.45) is 29.6 Å². The highest BCUT2D eigenvalue weighted by atomic mass is 15.1. The van der Waals surface area contributed by atoms with E-state index >= 15 is 0 Å². The highest BCUT2D eigenvalue weighted by Gasteiger charge is 2.35. The van der Waals surface area contributed by atoms with E-state index in [0.717, 1.165) is 29.6 Å². The van der Waals surface area contributed by atoms with Crippen molar-refractivity contribution in [3.63, 3.8) is 0 Å². The van der Waals surface area contributed by atoms with Gasteiger partial charge in [-0.1, -0.05) is 20.8 Å². The molecule has 1 aliphatic carbocycles. The molecule has 2 aliphatic rings.